The van der Waals surface area contributed by atoms with Crippen LogP contribution < -0.4 is 4.74 Å². The number of aromatic nitrogens is 4. The Morgan fingerprint density at radius 2 is 1.79 bits per heavy atom. The molecular formula is C25H23FN4O4. The monoisotopic (exact) mass is 462 g/mol. The molecule has 2 aromatic carbocycles. The summed E-state index contributed by atoms with van der Waals surface area (Å²) in [5.74, 6) is 0.334. The van der Waals surface area contributed by atoms with Crippen LogP contribution in [0.3, 0.4) is 0 Å². The molecule has 0 spiro atoms. The lowest BCUT2D eigenvalue weighted by Crippen LogP contribution is -2.13. The first-order chi connectivity index (χ1) is 16.5. The summed E-state index contributed by atoms with van der Waals surface area (Å²) in [6, 6.07) is 13.3. The van der Waals surface area contributed by atoms with E-state index < -0.39 is 12.1 Å². The Bertz CT molecular complexity index is 1310. The Morgan fingerprint density at radius 1 is 1.06 bits per heavy atom. The minimum atomic E-state index is -0.762. The second-order valence-electron chi connectivity index (χ2n) is 8.09. The summed E-state index contributed by atoms with van der Waals surface area (Å²) in [6.07, 6.45) is 2.73. The third kappa shape index (κ3) is 4.16. The average molecular weight is 462 g/mol. The number of carbonyl (C=O) groups excluding carboxylic acids is 1. The lowest BCUT2D eigenvalue weighted by molar-refractivity contribution is 0.0271. The number of ether oxygens (including phenoxy) is 2. The van der Waals surface area contributed by atoms with E-state index in [1.807, 2.05) is 0 Å². The van der Waals surface area contributed by atoms with Gasteiger partial charge in [-0.3, -0.25) is 0 Å². The molecule has 2 heterocycles. The zero-order valence-corrected chi connectivity index (χ0v) is 18.8. The predicted octanol–water partition coefficient (Wildman–Crippen LogP) is 4.87. The molecule has 0 radical (unpaired) electrons. The number of carbonyl (C=O) groups is 1. The van der Waals surface area contributed by atoms with Gasteiger partial charge in [-0.1, -0.05) is 0 Å². The van der Waals surface area contributed by atoms with E-state index in [2.05, 4.69) is 15.3 Å². The first-order valence-corrected chi connectivity index (χ1v) is 11.1. The van der Waals surface area contributed by atoms with Crippen LogP contribution in [0, 0.1) is 5.82 Å². The maximum Gasteiger partial charge on any atom is 0.359 e. The standard InChI is InChI=1S/C25H23FN4O4/c1-15(23-27-28-24(34-23)16-7-13-19(32-2)14-8-16)33-25(31)22-20-5-3-4-6-21(20)30(29-22)18-11-9-17(26)10-12-18/h7-15H,3-6H2,1-2H3. The Labute approximate surface area is 195 Å². The molecule has 0 N–H and O–H groups in total. The Kier molecular flexibility index (Phi) is 5.83. The van der Waals surface area contributed by atoms with Gasteiger partial charge < -0.3 is 13.9 Å². The molecule has 5 rings (SSSR count). The molecule has 174 valence electrons. The molecule has 0 aliphatic heterocycles. The molecule has 2 aromatic heterocycles. The number of benzene rings is 2. The quantitative estimate of drug-likeness (QED) is 0.378. The number of hydrogen-bond acceptors (Lipinski definition) is 7. The molecule has 4 aromatic rings. The molecule has 8 nitrogen and oxygen atoms in total. The fourth-order valence-corrected chi connectivity index (χ4v) is 4.07. The fraction of sp³-hybridized carbons (Fsp3) is 0.280. The van der Waals surface area contributed by atoms with Gasteiger partial charge in [-0.2, -0.15) is 5.10 Å². The first kappa shape index (κ1) is 21.8. The summed E-state index contributed by atoms with van der Waals surface area (Å²) < 4.78 is 31.7. The summed E-state index contributed by atoms with van der Waals surface area (Å²) in [5, 5.41) is 12.7. The van der Waals surface area contributed by atoms with Gasteiger partial charge in [-0.05, 0) is 81.1 Å². The van der Waals surface area contributed by atoms with Crippen molar-refractivity contribution in [3.05, 3.63) is 77.2 Å². The number of fused-ring (bicyclic) bond motifs is 1. The van der Waals surface area contributed by atoms with Crippen LogP contribution in [0.2, 0.25) is 0 Å². The largest absolute Gasteiger partial charge is 0.497 e. The highest BCUT2D eigenvalue weighted by molar-refractivity contribution is 5.89. The minimum Gasteiger partial charge on any atom is -0.497 e. The maximum absolute atomic E-state index is 13.4. The average Bonchev–Trinajstić information content (AvgIpc) is 3.51. The number of nitrogens with zero attached hydrogens (tertiary/aromatic N) is 4. The second-order valence-corrected chi connectivity index (χ2v) is 8.09. The first-order valence-electron chi connectivity index (χ1n) is 11.1. The Hall–Kier alpha value is -4.01. The molecule has 34 heavy (non-hydrogen) atoms. The van der Waals surface area contributed by atoms with Crippen LogP contribution in [0.5, 0.6) is 5.75 Å². The van der Waals surface area contributed by atoms with Crippen LogP contribution in [-0.4, -0.2) is 33.1 Å². The summed E-state index contributed by atoms with van der Waals surface area (Å²) in [6.45, 7) is 1.67. The van der Waals surface area contributed by atoms with Gasteiger partial charge in [0.05, 0.1) is 12.8 Å². The van der Waals surface area contributed by atoms with Crippen molar-refractivity contribution in [2.75, 3.05) is 7.11 Å². The van der Waals surface area contributed by atoms with Crippen molar-refractivity contribution in [3.63, 3.8) is 0 Å². The van der Waals surface area contributed by atoms with Crippen LogP contribution in [0.15, 0.2) is 52.9 Å². The Morgan fingerprint density at radius 3 is 2.53 bits per heavy atom. The van der Waals surface area contributed by atoms with E-state index in [1.54, 1.807) is 55.1 Å². The number of hydrogen-bond donors (Lipinski definition) is 0. The lowest BCUT2D eigenvalue weighted by atomic mass is 9.95. The molecule has 0 bridgehead atoms. The number of rotatable bonds is 6. The van der Waals surface area contributed by atoms with E-state index in [0.717, 1.165) is 42.5 Å². The normalized spacial score (nSPS) is 13.9. The van der Waals surface area contributed by atoms with Crippen LogP contribution in [0.25, 0.3) is 17.1 Å². The minimum absolute atomic E-state index is 0.186. The molecule has 1 atom stereocenters. The molecule has 9 heteroatoms. The topological polar surface area (TPSA) is 92.3 Å². The van der Waals surface area contributed by atoms with E-state index in [1.165, 1.54) is 12.1 Å². The predicted molar refractivity (Wildman–Crippen MR) is 120 cm³/mol. The van der Waals surface area contributed by atoms with E-state index >= 15 is 0 Å². The van der Waals surface area contributed by atoms with Gasteiger partial charge in [0, 0.05) is 16.8 Å². The third-order valence-corrected chi connectivity index (χ3v) is 5.85. The molecule has 1 unspecified atom stereocenters. The van der Waals surface area contributed by atoms with Crippen molar-refractivity contribution in [2.24, 2.45) is 0 Å². The van der Waals surface area contributed by atoms with Gasteiger partial charge in [0.2, 0.25) is 5.89 Å². The van der Waals surface area contributed by atoms with Gasteiger partial charge in [-0.15, -0.1) is 10.2 Å². The Balaban J connectivity index is 1.37. The highest BCUT2D eigenvalue weighted by Gasteiger charge is 2.29. The number of esters is 1. The van der Waals surface area contributed by atoms with Crippen molar-refractivity contribution < 1.29 is 23.1 Å². The zero-order chi connectivity index (χ0) is 23.7. The van der Waals surface area contributed by atoms with Crippen molar-refractivity contribution in [1.29, 1.82) is 0 Å². The zero-order valence-electron chi connectivity index (χ0n) is 18.8. The van der Waals surface area contributed by atoms with Crippen LogP contribution in [0.4, 0.5) is 4.39 Å². The van der Waals surface area contributed by atoms with Crippen LogP contribution >= 0.6 is 0 Å². The number of methoxy groups -OCH3 is 1. The summed E-state index contributed by atoms with van der Waals surface area (Å²) in [5.41, 5.74) is 3.52. The van der Waals surface area contributed by atoms with Gasteiger partial charge in [0.1, 0.15) is 11.6 Å². The van der Waals surface area contributed by atoms with Gasteiger partial charge in [0.25, 0.3) is 5.89 Å². The SMILES string of the molecule is COc1ccc(-c2nnc(C(C)OC(=O)c3nn(-c4ccc(F)cc4)c4c3CCCC4)o2)cc1. The van der Waals surface area contributed by atoms with Crippen molar-refractivity contribution in [3.8, 4) is 22.9 Å². The van der Waals surface area contributed by atoms with Gasteiger partial charge in [0.15, 0.2) is 11.8 Å². The van der Waals surface area contributed by atoms with Crippen molar-refractivity contribution in [1.82, 2.24) is 20.0 Å². The van der Waals surface area contributed by atoms with Gasteiger partial charge in [-0.25, -0.2) is 13.9 Å². The number of halogens is 1. The third-order valence-electron chi connectivity index (χ3n) is 5.85. The van der Waals surface area contributed by atoms with E-state index in [9.17, 15) is 9.18 Å². The molecule has 1 aliphatic carbocycles. The van der Waals surface area contributed by atoms with Crippen molar-refractivity contribution >= 4 is 5.97 Å². The molecule has 1 aliphatic rings. The van der Waals surface area contributed by atoms with Crippen LogP contribution in [0.1, 0.15) is 53.5 Å². The van der Waals surface area contributed by atoms with Gasteiger partial charge >= 0.3 is 5.97 Å². The fourth-order valence-electron chi connectivity index (χ4n) is 4.07. The van der Waals surface area contributed by atoms with Crippen molar-refractivity contribution in [2.45, 2.75) is 38.7 Å². The van der Waals surface area contributed by atoms with E-state index in [-0.39, 0.29) is 17.4 Å². The molecular weight excluding hydrogens is 439 g/mol. The van der Waals surface area contributed by atoms with E-state index in [0.29, 0.717) is 17.3 Å². The highest BCUT2D eigenvalue weighted by Crippen LogP contribution is 2.29. The molecule has 0 saturated heterocycles. The van der Waals surface area contributed by atoms with E-state index in [4.69, 9.17) is 13.9 Å². The summed E-state index contributed by atoms with van der Waals surface area (Å²) >= 11 is 0. The smallest absolute Gasteiger partial charge is 0.359 e. The molecule has 0 saturated carbocycles. The lowest BCUT2D eigenvalue weighted by Gasteiger charge is -2.14. The molecule has 0 fully saturated rings. The molecule has 0 amide bonds. The highest BCUT2D eigenvalue weighted by atomic mass is 19.1. The summed E-state index contributed by atoms with van der Waals surface area (Å²) in [7, 11) is 1.59. The maximum atomic E-state index is 13.4. The van der Waals surface area contributed by atoms with Crippen LogP contribution in [-0.2, 0) is 17.6 Å². The summed E-state index contributed by atoms with van der Waals surface area (Å²) in [4.78, 5) is 13.1. The second kappa shape index (κ2) is 9.09.